The number of sulfonamides is 1. The van der Waals surface area contributed by atoms with Crippen LogP contribution in [0, 0.1) is 12.8 Å². The Kier molecular flexibility index (Phi) is 12.0. The summed E-state index contributed by atoms with van der Waals surface area (Å²) in [5, 5.41) is 5.88. The number of allylic oxidation sites excluding steroid dienone is 1. The molecule has 4 aliphatic rings. The Bertz CT molecular complexity index is 2450. The molecule has 2 N–H and O–H groups in total. The summed E-state index contributed by atoms with van der Waals surface area (Å²) in [6.07, 6.45) is 7.85. The average Bonchev–Trinajstić information content (AvgIpc) is 4.12. The SMILES string of the molecule is COc1ccc(CN2CCCCCC=CC3CC3(C(=O)NS(=O)(=O)C3CC3)NC(=O)C3CC(Oc4cc(-c5nc(C(C)C)cs5)nc5c(C)c(OC)ccc45)CN3C2=O)cc1. The molecular formula is C45H54N6O8S2. The van der Waals surface area contributed by atoms with Crippen LogP contribution in [0.4, 0.5) is 4.79 Å². The monoisotopic (exact) mass is 870 g/mol. The number of nitrogens with one attached hydrogen (secondary N) is 2. The summed E-state index contributed by atoms with van der Waals surface area (Å²) in [5.41, 5.74) is 2.53. The zero-order valence-corrected chi connectivity index (χ0v) is 36.9. The summed E-state index contributed by atoms with van der Waals surface area (Å²) < 4.78 is 46.2. The number of aromatic nitrogens is 2. The van der Waals surface area contributed by atoms with Crippen molar-refractivity contribution in [2.75, 3.05) is 27.3 Å². The van der Waals surface area contributed by atoms with Crippen LogP contribution >= 0.6 is 11.3 Å². The van der Waals surface area contributed by atoms with Gasteiger partial charge < -0.3 is 29.3 Å². The largest absolute Gasteiger partial charge is 0.497 e. The smallest absolute Gasteiger partial charge is 0.321 e. The van der Waals surface area contributed by atoms with Crippen molar-refractivity contribution in [1.29, 1.82) is 0 Å². The van der Waals surface area contributed by atoms with Crippen molar-refractivity contribution >= 4 is 50.1 Å². The highest BCUT2D eigenvalue weighted by molar-refractivity contribution is 7.91. The number of thiazole rings is 1. The van der Waals surface area contributed by atoms with E-state index in [-0.39, 0.29) is 31.3 Å². The average molecular weight is 871 g/mol. The van der Waals surface area contributed by atoms with Crippen LogP contribution in [0.2, 0.25) is 0 Å². The molecule has 4 aromatic rings. The number of rotatable bonds is 11. The molecule has 2 aromatic heterocycles. The van der Waals surface area contributed by atoms with Gasteiger partial charge in [-0.2, -0.15) is 0 Å². The van der Waals surface area contributed by atoms with Gasteiger partial charge in [-0.05, 0) is 81.2 Å². The van der Waals surface area contributed by atoms with Gasteiger partial charge in [-0.15, -0.1) is 11.3 Å². The number of benzene rings is 2. The van der Waals surface area contributed by atoms with Gasteiger partial charge in [0.2, 0.25) is 15.9 Å². The van der Waals surface area contributed by atoms with E-state index in [1.165, 1.54) is 11.3 Å². The summed E-state index contributed by atoms with van der Waals surface area (Å²) in [6.45, 7) is 6.97. The van der Waals surface area contributed by atoms with Crippen LogP contribution < -0.4 is 24.2 Å². The van der Waals surface area contributed by atoms with Crippen molar-refractivity contribution in [2.45, 2.75) is 108 Å². The molecule has 14 nitrogen and oxygen atoms in total. The minimum Gasteiger partial charge on any atom is -0.497 e. The minimum atomic E-state index is -3.88. The Labute approximate surface area is 361 Å². The molecule has 4 heterocycles. The number of pyridine rings is 1. The molecule has 324 valence electrons. The number of hydrogen-bond donors (Lipinski definition) is 2. The Hall–Kier alpha value is -5.22. The molecule has 0 spiro atoms. The van der Waals surface area contributed by atoms with Gasteiger partial charge in [0.25, 0.3) is 5.91 Å². The number of amides is 4. The molecule has 2 saturated carbocycles. The first kappa shape index (κ1) is 42.5. The van der Waals surface area contributed by atoms with Crippen molar-refractivity contribution in [2.24, 2.45) is 5.92 Å². The number of fused-ring (bicyclic) bond motifs is 3. The Morgan fingerprint density at radius 3 is 2.52 bits per heavy atom. The second-order valence-corrected chi connectivity index (χ2v) is 19.8. The molecule has 2 aliphatic carbocycles. The van der Waals surface area contributed by atoms with E-state index in [2.05, 4.69) is 23.9 Å². The van der Waals surface area contributed by atoms with E-state index in [0.717, 1.165) is 52.9 Å². The number of nitrogens with zero attached hydrogens (tertiary/aromatic N) is 4. The van der Waals surface area contributed by atoms with Gasteiger partial charge in [-0.1, -0.05) is 44.6 Å². The van der Waals surface area contributed by atoms with Crippen molar-refractivity contribution in [3.05, 3.63) is 76.8 Å². The van der Waals surface area contributed by atoms with Crippen molar-refractivity contribution in [3.63, 3.8) is 0 Å². The molecule has 3 fully saturated rings. The van der Waals surface area contributed by atoms with Crippen molar-refractivity contribution < 1.29 is 37.0 Å². The predicted octanol–water partition coefficient (Wildman–Crippen LogP) is 6.86. The number of methoxy groups -OCH3 is 2. The van der Waals surface area contributed by atoms with Gasteiger partial charge in [0.15, 0.2) is 0 Å². The van der Waals surface area contributed by atoms with Gasteiger partial charge in [0.1, 0.15) is 45.6 Å². The maximum Gasteiger partial charge on any atom is 0.321 e. The number of carbonyl (C=O) groups excluding carboxylic acids is 3. The molecule has 16 heteroatoms. The normalized spacial score (nSPS) is 23.5. The molecule has 4 atom stereocenters. The highest BCUT2D eigenvalue weighted by Crippen LogP contribution is 2.46. The summed E-state index contributed by atoms with van der Waals surface area (Å²) in [5.74, 6) is 0.440. The highest BCUT2D eigenvalue weighted by Gasteiger charge is 2.62. The fourth-order valence-electron chi connectivity index (χ4n) is 8.34. The summed E-state index contributed by atoms with van der Waals surface area (Å²) in [4.78, 5) is 56.8. The Morgan fingerprint density at radius 1 is 1.03 bits per heavy atom. The third-order valence-corrected chi connectivity index (χ3v) is 14.9. The first-order chi connectivity index (χ1) is 29.3. The molecule has 4 unspecified atom stereocenters. The lowest BCUT2D eigenvalue weighted by molar-refractivity contribution is -0.131. The number of ether oxygens (including phenoxy) is 3. The van der Waals surface area contributed by atoms with Crippen LogP contribution in [0.5, 0.6) is 17.2 Å². The zero-order valence-electron chi connectivity index (χ0n) is 35.3. The lowest BCUT2D eigenvalue weighted by Gasteiger charge is -2.32. The van der Waals surface area contributed by atoms with Crippen LogP contribution in [0.3, 0.4) is 0 Å². The third-order valence-electron chi connectivity index (χ3n) is 12.2. The fourth-order valence-corrected chi connectivity index (χ4v) is 10.6. The van der Waals surface area contributed by atoms with Crippen LogP contribution in [0.1, 0.15) is 88.0 Å². The van der Waals surface area contributed by atoms with Gasteiger partial charge in [0, 0.05) is 47.8 Å². The van der Waals surface area contributed by atoms with Crippen LogP contribution in [0.25, 0.3) is 21.6 Å². The van der Waals surface area contributed by atoms with E-state index in [0.29, 0.717) is 54.4 Å². The van der Waals surface area contributed by atoms with Crippen molar-refractivity contribution in [1.82, 2.24) is 29.8 Å². The summed E-state index contributed by atoms with van der Waals surface area (Å²) >= 11 is 1.50. The first-order valence-corrected chi connectivity index (χ1v) is 23.6. The number of aryl methyl sites for hydroxylation is 1. The van der Waals surface area contributed by atoms with Gasteiger partial charge in [-0.25, -0.2) is 23.2 Å². The van der Waals surface area contributed by atoms with E-state index in [1.807, 2.05) is 66.9 Å². The highest BCUT2D eigenvalue weighted by atomic mass is 32.2. The van der Waals surface area contributed by atoms with E-state index in [1.54, 1.807) is 24.0 Å². The molecule has 2 aliphatic heterocycles. The molecule has 1 saturated heterocycles. The Balaban J connectivity index is 1.15. The maximum absolute atomic E-state index is 14.9. The van der Waals surface area contributed by atoms with E-state index in [4.69, 9.17) is 24.2 Å². The fraction of sp³-hybridized carbons (Fsp3) is 0.489. The topological polar surface area (TPSA) is 169 Å². The summed E-state index contributed by atoms with van der Waals surface area (Å²) in [7, 11) is -0.665. The molecule has 61 heavy (non-hydrogen) atoms. The lowest BCUT2D eigenvalue weighted by Crippen LogP contribution is -2.57. The number of hydrogen-bond acceptors (Lipinski definition) is 11. The molecule has 0 radical (unpaired) electrons. The quantitative estimate of drug-likeness (QED) is 0.152. The number of urea groups is 1. The van der Waals surface area contributed by atoms with Crippen molar-refractivity contribution in [3.8, 4) is 28.0 Å². The maximum atomic E-state index is 14.9. The molecule has 4 amide bonds. The van der Waals surface area contributed by atoms with Gasteiger partial charge >= 0.3 is 6.03 Å². The van der Waals surface area contributed by atoms with Crippen LogP contribution in [-0.2, 0) is 26.2 Å². The molecule has 2 aromatic carbocycles. The minimum absolute atomic E-state index is 0.0810. The standard InChI is InChI=1S/C45H54N6O8S2/c1-27(2)36-26-60-42(47-36)35-22-39(34-18-19-38(58-5)28(3)40(34)46-35)59-32-21-37-41(52)48-45(43(53)49-61(55,56)33-16-17-33)23-30(45)11-9-7-6-8-10-20-50(44(54)51(37)25-32)24-29-12-14-31(57-4)15-13-29/h9,11-15,18-19,22,26-27,30,32-33,37H,6-8,10,16-17,20-21,23-25H2,1-5H3,(H,48,52)(H,49,53). The predicted molar refractivity (Wildman–Crippen MR) is 233 cm³/mol. The van der Waals surface area contributed by atoms with E-state index < -0.39 is 50.7 Å². The van der Waals surface area contributed by atoms with E-state index >= 15 is 0 Å². The van der Waals surface area contributed by atoms with Crippen LogP contribution in [0.15, 0.2) is 60.0 Å². The van der Waals surface area contributed by atoms with Gasteiger partial charge in [-0.3, -0.25) is 14.3 Å². The summed E-state index contributed by atoms with van der Waals surface area (Å²) in [6, 6.07) is 11.8. The molecule has 8 rings (SSSR count). The van der Waals surface area contributed by atoms with Gasteiger partial charge in [0.05, 0.1) is 37.2 Å². The van der Waals surface area contributed by atoms with E-state index in [9.17, 15) is 22.8 Å². The first-order valence-electron chi connectivity index (χ1n) is 21.1. The molecular weight excluding hydrogens is 817 g/mol. The zero-order chi connectivity index (χ0) is 43.1. The molecule has 0 bridgehead atoms. The van der Waals surface area contributed by atoms with Crippen LogP contribution in [-0.4, -0.2) is 96.3 Å². The number of carbonyl (C=O) groups is 3. The lowest BCUT2D eigenvalue weighted by atomic mass is 10.1. The Morgan fingerprint density at radius 2 is 1.82 bits per heavy atom. The second-order valence-electron chi connectivity index (χ2n) is 16.9. The second kappa shape index (κ2) is 17.3. The third kappa shape index (κ3) is 8.92.